The third-order valence-corrected chi connectivity index (χ3v) is 8.92. The van der Waals surface area contributed by atoms with Crippen molar-refractivity contribution in [1.29, 1.82) is 0 Å². The Morgan fingerprint density at radius 2 is 1.97 bits per heavy atom. The number of methoxy groups -OCH3 is 1. The number of piperidine rings is 1. The van der Waals surface area contributed by atoms with Crippen LogP contribution in [0.25, 0.3) is 0 Å². The van der Waals surface area contributed by atoms with Crippen molar-refractivity contribution in [2.75, 3.05) is 40.0 Å². The van der Waals surface area contributed by atoms with Crippen LogP contribution in [0.4, 0.5) is 0 Å². The second kappa shape index (κ2) is 12.5. The molecule has 1 aromatic carbocycles. The van der Waals surface area contributed by atoms with E-state index in [-0.39, 0.29) is 12.5 Å². The van der Waals surface area contributed by atoms with Gasteiger partial charge in [-0.2, -0.15) is 4.31 Å². The number of ether oxygens (including phenoxy) is 2. The summed E-state index contributed by atoms with van der Waals surface area (Å²) >= 11 is 1.20. The van der Waals surface area contributed by atoms with Gasteiger partial charge in [-0.3, -0.25) is 4.79 Å². The van der Waals surface area contributed by atoms with E-state index in [9.17, 15) is 13.2 Å². The lowest BCUT2D eigenvalue weighted by Gasteiger charge is -2.31. The van der Waals surface area contributed by atoms with Crippen LogP contribution in [0.2, 0.25) is 0 Å². The Kier molecular flexibility index (Phi) is 9.69. The summed E-state index contributed by atoms with van der Waals surface area (Å²) in [6.45, 7) is 5.57. The molecule has 33 heavy (non-hydrogen) atoms. The average molecular weight is 496 g/mol. The highest BCUT2D eigenvalue weighted by molar-refractivity contribution is 7.91. The van der Waals surface area contributed by atoms with E-state index in [0.717, 1.165) is 37.3 Å². The Morgan fingerprint density at radius 1 is 1.18 bits per heavy atom. The summed E-state index contributed by atoms with van der Waals surface area (Å²) in [7, 11) is -1.98. The van der Waals surface area contributed by atoms with E-state index in [0.29, 0.717) is 41.3 Å². The summed E-state index contributed by atoms with van der Waals surface area (Å²) in [6, 6.07) is 10.6. The summed E-state index contributed by atoms with van der Waals surface area (Å²) in [6.07, 6.45) is 2.57. The number of nitrogens with one attached hydrogen (secondary N) is 2. The molecule has 1 saturated heterocycles. The summed E-state index contributed by atoms with van der Waals surface area (Å²) in [5, 5.41) is 6.29. The number of rotatable bonds is 12. The first-order valence-electron chi connectivity index (χ1n) is 11.3. The third kappa shape index (κ3) is 7.25. The molecular weight excluding hydrogens is 462 g/mol. The quantitative estimate of drug-likeness (QED) is 0.440. The number of sulfonamides is 1. The normalized spacial score (nSPS) is 15.5. The van der Waals surface area contributed by atoms with Crippen molar-refractivity contribution in [3.05, 3.63) is 46.8 Å². The highest BCUT2D eigenvalue weighted by atomic mass is 32.2. The third-order valence-electron chi connectivity index (χ3n) is 5.47. The van der Waals surface area contributed by atoms with Crippen molar-refractivity contribution in [2.24, 2.45) is 0 Å². The molecule has 0 saturated carbocycles. The van der Waals surface area contributed by atoms with Gasteiger partial charge in [0.2, 0.25) is 0 Å². The summed E-state index contributed by atoms with van der Waals surface area (Å²) in [4.78, 5) is 13.2. The highest BCUT2D eigenvalue weighted by Crippen LogP contribution is 2.27. The number of carbonyl (C=O) groups is 1. The molecule has 0 spiro atoms. The number of nitrogens with zero attached hydrogens (tertiary/aromatic N) is 1. The molecule has 0 bridgehead atoms. The Balaban J connectivity index is 1.48. The number of carbonyl (C=O) groups excluding carboxylic acids is 1. The molecule has 0 radical (unpaired) electrons. The first-order valence-corrected chi connectivity index (χ1v) is 13.5. The standard InChI is InChI=1S/C23H33N3O5S2/c1-3-14-31-15-11-24-19-9-12-26(13-10-19)33(28,29)22-8-7-21(32-22)17-25-23(27)18-5-4-6-20(16-18)30-2/h4-8,16,19,24H,3,9-15,17H2,1-2H3,(H,25,27). The Morgan fingerprint density at radius 3 is 2.70 bits per heavy atom. The highest BCUT2D eigenvalue weighted by Gasteiger charge is 2.30. The minimum Gasteiger partial charge on any atom is -0.497 e. The number of hydrogen-bond donors (Lipinski definition) is 2. The molecule has 2 N–H and O–H groups in total. The minimum absolute atomic E-state index is 0.235. The zero-order chi connectivity index (χ0) is 23.7. The predicted molar refractivity (Wildman–Crippen MR) is 129 cm³/mol. The predicted octanol–water partition coefficient (Wildman–Crippen LogP) is 2.86. The van der Waals surface area contributed by atoms with E-state index in [1.54, 1.807) is 47.8 Å². The lowest BCUT2D eigenvalue weighted by Crippen LogP contribution is -2.45. The zero-order valence-electron chi connectivity index (χ0n) is 19.2. The van der Waals surface area contributed by atoms with Gasteiger partial charge in [0.05, 0.1) is 20.3 Å². The number of benzene rings is 1. The number of thiophene rings is 1. The maximum atomic E-state index is 13.1. The van der Waals surface area contributed by atoms with Gasteiger partial charge in [-0.05, 0) is 49.6 Å². The van der Waals surface area contributed by atoms with Crippen LogP contribution < -0.4 is 15.4 Å². The van der Waals surface area contributed by atoms with Crippen molar-refractivity contribution in [3.63, 3.8) is 0 Å². The van der Waals surface area contributed by atoms with Crippen molar-refractivity contribution >= 4 is 27.3 Å². The van der Waals surface area contributed by atoms with Crippen molar-refractivity contribution in [1.82, 2.24) is 14.9 Å². The van der Waals surface area contributed by atoms with Crippen LogP contribution in [-0.2, 0) is 21.3 Å². The Labute approximate surface area is 200 Å². The van der Waals surface area contributed by atoms with Gasteiger partial charge < -0.3 is 20.1 Å². The monoisotopic (exact) mass is 495 g/mol. The molecule has 8 nitrogen and oxygen atoms in total. The van der Waals surface area contributed by atoms with Gasteiger partial charge >= 0.3 is 0 Å². The molecule has 1 amide bonds. The topological polar surface area (TPSA) is 97.0 Å². The van der Waals surface area contributed by atoms with Gasteiger partial charge in [0.15, 0.2) is 0 Å². The van der Waals surface area contributed by atoms with E-state index in [1.165, 1.54) is 11.3 Å². The van der Waals surface area contributed by atoms with Crippen LogP contribution in [-0.4, -0.2) is 64.6 Å². The molecule has 2 heterocycles. The fourth-order valence-corrected chi connectivity index (χ4v) is 6.55. The minimum atomic E-state index is -3.53. The zero-order valence-corrected chi connectivity index (χ0v) is 20.8. The first kappa shape index (κ1) is 25.6. The van der Waals surface area contributed by atoms with Crippen LogP contribution in [0, 0.1) is 0 Å². The lowest BCUT2D eigenvalue weighted by atomic mass is 10.1. The van der Waals surface area contributed by atoms with Crippen LogP contribution >= 0.6 is 11.3 Å². The molecule has 1 aromatic heterocycles. The van der Waals surface area contributed by atoms with E-state index in [1.807, 2.05) is 0 Å². The van der Waals surface area contributed by atoms with Crippen LogP contribution in [0.1, 0.15) is 41.4 Å². The average Bonchev–Trinajstić information content (AvgIpc) is 3.33. The molecule has 1 aliphatic rings. The van der Waals surface area contributed by atoms with Crippen molar-refractivity contribution in [3.8, 4) is 5.75 Å². The van der Waals surface area contributed by atoms with Gasteiger partial charge in [-0.1, -0.05) is 13.0 Å². The molecule has 3 rings (SSSR count). The van der Waals surface area contributed by atoms with E-state index < -0.39 is 10.0 Å². The SMILES string of the molecule is CCCOCCNC1CCN(S(=O)(=O)c2ccc(CNC(=O)c3cccc(OC)c3)s2)CC1. The van der Waals surface area contributed by atoms with E-state index in [2.05, 4.69) is 17.6 Å². The van der Waals surface area contributed by atoms with Gasteiger partial charge in [-0.25, -0.2) is 8.42 Å². The molecule has 0 aliphatic carbocycles. The fraction of sp³-hybridized carbons (Fsp3) is 0.522. The van der Waals surface area contributed by atoms with Gasteiger partial charge in [-0.15, -0.1) is 11.3 Å². The molecule has 2 aromatic rings. The summed E-state index contributed by atoms with van der Waals surface area (Å²) in [5.41, 5.74) is 0.493. The molecule has 1 fully saturated rings. The lowest BCUT2D eigenvalue weighted by molar-refractivity contribution is 0.0951. The summed E-state index contributed by atoms with van der Waals surface area (Å²) < 4.78 is 38.6. The fourth-order valence-electron chi connectivity index (χ4n) is 3.63. The molecular formula is C23H33N3O5S2. The van der Waals surface area contributed by atoms with Crippen molar-refractivity contribution < 1.29 is 22.7 Å². The summed E-state index contributed by atoms with van der Waals surface area (Å²) in [5.74, 6) is 0.373. The molecule has 182 valence electrons. The molecule has 0 atom stereocenters. The van der Waals surface area contributed by atoms with E-state index >= 15 is 0 Å². The molecule has 10 heteroatoms. The smallest absolute Gasteiger partial charge is 0.252 e. The van der Waals surface area contributed by atoms with Gasteiger partial charge in [0.1, 0.15) is 9.96 Å². The van der Waals surface area contributed by atoms with Crippen LogP contribution in [0.3, 0.4) is 0 Å². The molecule has 1 aliphatic heterocycles. The van der Waals surface area contributed by atoms with Gasteiger partial charge in [0.25, 0.3) is 15.9 Å². The van der Waals surface area contributed by atoms with E-state index in [4.69, 9.17) is 9.47 Å². The Bertz CT molecular complexity index is 1000. The Hall–Kier alpha value is -1.98. The molecule has 0 unspecified atom stereocenters. The second-order valence-corrected chi connectivity index (χ2v) is 11.2. The number of amides is 1. The van der Waals surface area contributed by atoms with Gasteiger partial charge in [0, 0.05) is 42.7 Å². The van der Waals surface area contributed by atoms with Crippen molar-refractivity contribution in [2.45, 2.75) is 43.0 Å². The van der Waals surface area contributed by atoms with Crippen LogP contribution in [0.15, 0.2) is 40.6 Å². The number of hydrogen-bond acceptors (Lipinski definition) is 7. The second-order valence-electron chi connectivity index (χ2n) is 7.88. The first-order chi connectivity index (χ1) is 15.9. The largest absolute Gasteiger partial charge is 0.497 e. The maximum absolute atomic E-state index is 13.1. The maximum Gasteiger partial charge on any atom is 0.252 e. The van der Waals surface area contributed by atoms with Crippen LogP contribution in [0.5, 0.6) is 5.75 Å².